The number of hydrogen-bond donors (Lipinski definition) is 0. The van der Waals surface area contributed by atoms with E-state index < -0.39 is 0 Å². The third kappa shape index (κ3) is 8.94. The van der Waals surface area contributed by atoms with Crippen molar-refractivity contribution >= 4 is 12.4 Å². The lowest BCUT2D eigenvalue weighted by Crippen LogP contribution is -1.66. The summed E-state index contributed by atoms with van der Waals surface area (Å²) >= 11 is 0. The van der Waals surface area contributed by atoms with Crippen molar-refractivity contribution in [2.75, 3.05) is 0 Å². The van der Waals surface area contributed by atoms with Crippen molar-refractivity contribution in [2.24, 2.45) is 4.99 Å². The maximum atomic E-state index is 11.9. The minimum atomic E-state index is -0.178. The Balaban J connectivity index is 0.000000175. The van der Waals surface area contributed by atoms with Gasteiger partial charge in [0, 0.05) is 0 Å². The third-order valence-electron chi connectivity index (χ3n) is 2.68. The average Bonchev–Trinajstić information content (AvgIpc) is 2.58. The lowest BCUT2D eigenvalue weighted by atomic mass is 10.2. The van der Waals surface area contributed by atoms with E-state index in [-0.39, 0.29) is 11.6 Å². The summed E-state index contributed by atoms with van der Waals surface area (Å²) in [6, 6.07) is 23.8. The van der Waals surface area contributed by atoms with Crippen molar-refractivity contribution < 1.29 is 8.78 Å². The van der Waals surface area contributed by atoms with E-state index in [1.165, 1.54) is 29.8 Å². The summed E-state index contributed by atoms with van der Waals surface area (Å²) in [7, 11) is 0. The number of hydrogen-bond acceptors (Lipinski definition) is 1. The Hall–Kier alpha value is -2.81. The van der Waals surface area contributed by atoms with Crippen molar-refractivity contribution in [3.63, 3.8) is 0 Å². The molecule has 118 valence electrons. The smallest absolute Gasteiger partial charge is 0.123 e. The van der Waals surface area contributed by atoms with Gasteiger partial charge in [-0.2, -0.15) is 0 Å². The molecule has 0 atom stereocenters. The monoisotopic (exact) mass is 311 g/mol. The number of aryl methyl sites for hydroxylation is 1. The molecule has 3 aromatic carbocycles. The fourth-order valence-electron chi connectivity index (χ4n) is 1.48. The molecule has 3 rings (SSSR count). The summed E-state index contributed by atoms with van der Waals surface area (Å²) in [5, 5.41) is 0. The number of rotatable bonds is 1. The molecule has 0 N–H and O–H groups in total. The van der Waals surface area contributed by atoms with Crippen molar-refractivity contribution in [3.05, 3.63) is 102 Å². The van der Waals surface area contributed by atoms with Crippen LogP contribution in [0.2, 0.25) is 0 Å². The highest BCUT2D eigenvalue weighted by Gasteiger charge is 1.83. The molecule has 3 aromatic rings. The molecule has 0 amide bonds. The van der Waals surface area contributed by atoms with Gasteiger partial charge in [-0.15, -0.1) is 0 Å². The molecule has 0 unspecified atom stereocenters. The molecule has 0 fully saturated rings. The van der Waals surface area contributed by atoms with E-state index in [2.05, 4.69) is 11.7 Å². The largest absolute Gasteiger partial charge is 0.265 e. The molecule has 0 aliphatic carbocycles. The van der Waals surface area contributed by atoms with Gasteiger partial charge in [0.2, 0.25) is 0 Å². The highest BCUT2D eigenvalue weighted by molar-refractivity contribution is 5.45. The Kier molecular flexibility index (Phi) is 8.61. The van der Waals surface area contributed by atoms with Crippen LogP contribution >= 0.6 is 0 Å². The molecule has 0 aliphatic heterocycles. The topological polar surface area (TPSA) is 12.4 Å². The maximum absolute atomic E-state index is 11.9. The zero-order valence-electron chi connectivity index (χ0n) is 13.0. The molecular weight excluding hydrogens is 292 g/mol. The summed E-state index contributed by atoms with van der Waals surface area (Å²) < 4.78 is 23.8. The molecule has 0 aromatic heterocycles. The minimum absolute atomic E-state index is 0.178. The van der Waals surface area contributed by atoms with Crippen LogP contribution in [0.5, 0.6) is 0 Å². The summed E-state index contributed by atoms with van der Waals surface area (Å²) in [6.07, 6.45) is 0. The molecular formula is C20H19F2N. The summed E-state index contributed by atoms with van der Waals surface area (Å²) in [6.45, 7) is 5.46. The second-order valence-corrected chi connectivity index (χ2v) is 4.58. The van der Waals surface area contributed by atoms with E-state index in [0.717, 1.165) is 5.69 Å². The number of aliphatic imine (C=N–C) groups is 1. The molecule has 0 bridgehead atoms. The average molecular weight is 311 g/mol. The highest BCUT2D eigenvalue weighted by Crippen LogP contribution is 2.10. The van der Waals surface area contributed by atoms with Gasteiger partial charge in [0.15, 0.2) is 0 Å². The molecule has 23 heavy (non-hydrogen) atoms. The Bertz CT molecular complexity index is 628. The van der Waals surface area contributed by atoms with E-state index in [0.29, 0.717) is 0 Å². The van der Waals surface area contributed by atoms with Crippen LogP contribution < -0.4 is 0 Å². The zero-order valence-corrected chi connectivity index (χ0v) is 13.0. The van der Waals surface area contributed by atoms with Crippen LogP contribution in [-0.2, 0) is 0 Å². The molecule has 0 radical (unpaired) electrons. The number of benzene rings is 3. The first-order valence-electron chi connectivity index (χ1n) is 7.06. The van der Waals surface area contributed by atoms with Crippen LogP contribution in [0.4, 0.5) is 14.5 Å². The van der Waals surface area contributed by atoms with Gasteiger partial charge < -0.3 is 0 Å². The first-order chi connectivity index (χ1) is 11.1. The lowest BCUT2D eigenvalue weighted by molar-refractivity contribution is 0.627. The van der Waals surface area contributed by atoms with Crippen molar-refractivity contribution in [1.82, 2.24) is 0 Å². The first kappa shape index (κ1) is 18.2. The number of nitrogens with zero attached hydrogens (tertiary/aromatic N) is 1. The molecule has 0 heterocycles. The van der Waals surface area contributed by atoms with Crippen molar-refractivity contribution in [1.29, 1.82) is 0 Å². The molecule has 0 spiro atoms. The van der Waals surface area contributed by atoms with Gasteiger partial charge >= 0.3 is 0 Å². The lowest BCUT2D eigenvalue weighted by Gasteiger charge is -1.90. The second-order valence-electron chi connectivity index (χ2n) is 4.58. The first-order valence-corrected chi connectivity index (χ1v) is 7.06. The Morgan fingerprint density at radius 1 is 0.652 bits per heavy atom. The summed E-state index contributed by atoms with van der Waals surface area (Å²) in [4.78, 5) is 3.76. The van der Waals surface area contributed by atoms with Crippen LogP contribution in [0.3, 0.4) is 0 Å². The predicted octanol–water partition coefficient (Wildman–Crippen LogP) is 5.98. The Morgan fingerprint density at radius 3 is 1.30 bits per heavy atom. The Morgan fingerprint density at radius 2 is 1.04 bits per heavy atom. The summed E-state index contributed by atoms with van der Waals surface area (Å²) in [5.74, 6) is -0.356. The van der Waals surface area contributed by atoms with Crippen LogP contribution in [0, 0.1) is 18.6 Å². The standard InChI is InChI=1S/C8H9N.2C6H5F/c1-7-3-5-8(9-2)6-4-7;2*7-6-4-2-1-3-5-6/h3-6H,2H2,1H3;2*1-5H. The summed E-state index contributed by atoms with van der Waals surface area (Å²) in [5.41, 5.74) is 2.18. The van der Waals surface area contributed by atoms with E-state index in [1.807, 2.05) is 31.2 Å². The molecule has 1 nitrogen and oxygen atoms in total. The van der Waals surface area contributed by atoms with Gasteiger partial charge in [0.05, 0.1) is 5.69 Å². The van der Waals surface area contributed by atoms with Gasteiger partial charge in [-0.25, -0.2) is 8.78 Å². The second kappa shape index (κ2) is 10.9. The fourth-order valence-corrected chi connectivity index (χ4v) is 1.48. The quantitative estimate of drug-likeness (QED) is 0.490. The minimum Gasteiger partial charge on any atom is -0.265 e. The molecule has 0 saturated heterocycles. The maximum Gasteiger partial charge on any atom is 0.123 e. The van der Waals surface area contributed by atoms with Gasteiger partial charge in [-0.3, -0.25) is 4.99 Å². The molecule has 0 aliphatic rings. The number of halogens is 2. The normalized spacial score (nSPS) is 8.83. The third-order valence-corrected chi connectivity index (χ3v) is 2.68. The van der Waals surface area contributed by atoms with Gasteiger partial charge in [-0.1, -0.05) is 54.1 Å². The van der Waals surface area contributed by atoms with Gasteiger partial charge in [-0.05, 0) is 50.0 Å². The van der Waals surface area contributed by atoms with Gasteiger partial charge in [0.1, 0.15) is 11.6 Å². The van der Waals surface area contributed by atoms with E-state index in [9.17, 15) is 8.78 Å². The van der Waals surface area contributed by atoms with E-state index >= 15 is 0 Å². The molecule has 0 saturated carbocycles. The van der Waals surface area contributed by atoms with Crippen molar-refractivity contribution in [2.45, 2.75) is 6.92 Å². The zero-order chi connectivity index (χ0) is 16.9. The van der Waals surface area contributed by atoms with E-state index in [4.69, 9.17) is 0 Å². The van der Waals surface area contributed by atoms with E-state index in [1.54, 1.807) is 36.4 Å². The molecule has 3 heteroatoms. The van der Waals surface area contributed by atoms with Crippen LogP contribution in [0.25, 0.3) is 0 Å². The van der Waals surface area contributed by atoms with Crippen LogP contribution in [0.1, 0.15) is 5.56 Å². The van der Waals surface area contributed by atoms with Crippen LogP contribution in [-0.4, -0.2) is 6.72 Å². The van der Waals surface area contributed by atoms with Crippen LogP contribution in [0.15, 0.2) is 89.9 Å². The Labute approximate surface area is 136 Å². The van der Waals surface area contributed by atoms with Gasteiger partial charge in [0.25, 0.3) is 0 Å². The fraction of sp³-hybridized carbons (Fsp3) is 0.0500. The SMILES string of the molecule is C=Nc1ccc(C)cc1.Fc1ccccc1.Fc1ccccc1. The van der Waals surface area contributed by atoms with Crippen molar-refractivity contribution in [3.8, 4) is 0 Å². The highest BCUT2D eigenvalue weighted by atomic mass is 19.1. The predicted molar refractivity (Wildman–Crippen MR) is 93.2 cm³/mol.